The minimum atomic E-state index is -1.36. The van der Waals surface area contributed by atoms with Crippen molar-refractivity contribution >= 4 is 23.5 Å². The number of imide groups is 1. The highest BCUT2D eigenvalue weighted by Gasteiger charge is 2.40. The summed E-state index contributed by atoms with van der Waals surface area (Å²) in [5.41, 5.74) is 0.878. The number of carboxylic acid groups (broad SMARTS) is 1. The highest BCUT2D eigenvalue weighted by molar-refractivity contribution is 6.22. The van der Waals surface area contributed by atoms with E-state index >= 15 is 0 Å². The molecular formula is C20H18NO5-. The summed E-state index contributed by atoms with van der Waals surface area (Å²) in [7, 11) is 0. The molecule has 0 unspecified atom stereocenters. The molecule has 2 amide bonds. The van der Waals surface area contributed by atoms with Gasteiger partial charge >= 0.3 is 0 Å². The molecule has 2 aromatic rings. The van der Waals surface area contributed by atoms with Gasteiger partial charge in [0.05, 0.1) is 23.7 Å². The first-order valence-corrected chi connectivity index (χ1v) is 8.31. The molecule has 134 valence electrons. The van der Waals surface area contributed by atoms with Crippen molar-refractivity contribution < 1.29 is 24.2 Å². The van der Waals surface area contributed by atoms with E-state index in [-0.39, 0.29) is 35.6 Å². The average Bonchev–Trinajstić information content (AvgIpc) is 2.89. The number of benzene rings is 2. The van der Waals surface area contributed by atoms with Crippen LogP contribution in [0.25, 0.3) is 0 Å². The number of nitrogens with zero attached hydrogens (tertiary/aromatic N) is 1. The fourth-order valence-corrected chi connectivity index (χ4v) is 2.99. The molecule has 0 N–H and O–H groups in total. The van der Waals surface area contributed by atoms with E-state index in [1.165, 1.54) is 24.3 Å². The predicted octanol–water partition coefficient (Wildman–Crippen LogP) is 1.88. The Kier molecular flexibility index (Phi) is 4.75. The SMILES string of the molecule is CC(C)Oc1ccc([C@H]2CC(=O)N(c3cccc(C(=O)[O-])c3)C2=O)cc1. The maximum absolute atomic E-state index is 12.8. The molecule has 0 aromatic heterocycles. The maximum atomic E-state index is 12.8. The molecule has 2 aromatic carbocycles. The quantitative estimate of drug-likeness (QED) is 0.767. The Hall–Kier alpha value is -3.15. The van der Waals surface area contributed by atoms with Crippen molar-refractivity contribution in [2.75, 3.05) is 4.90 Å². The largest absolute Gasteiger partial charge is 0.545 e. The Morgan fingerprint density at radius 1 is 1.15 bits per heavy atom. The van der Waals surface area contributed by atoms with Gasteiger partial charge in [0.1, 0.15) is 5.75 Å². The number of hydrogen-bond donors (Lipinski definition) is 0. The number of hydrogen-bond acceptors (Lipinski definition) is 5. The second kappa shape index (κ2) is 7.00. The van der Waals surface area contributed by atoms with Gasteiger partial charge in [-0.05, 0) is 49.2 Å². The molecule has 1 atom stereocenters. The Morgan fingerprint density at radius 3 is 2.46 bits per heavy atom. The number of carboxylic acids is 1. The minimum Gasteiger partial charge on any atom is -0.545 e. The summed E-state index contributed by atoms with van der Waals surface area (Å²) in [6.07, 6.45) is 0.0840. The molecular weight excluding hydrogens is 334 g/mol. The topological polar surface area (TPSA) is 86.7 Å². The first kappa shape index (κ1) is 17.7. The van der Waals surface area contributed by atoms with Gasteiger partial charge in [0.15, 0.2) is 0 Å². The van der Waals surface area contributed by atoms with Crippen LogP contribution in [0.5, 0.6) is 5.75 Å². The second-order valence-electron chi connectivity index (χ2n) is 6.40. The molecule has 6 nitrogen and oxygen atoms in total. The summed E-state index contributed by atoms with van der Waals surface area (Å²) >= 11 is 0. The van der Waals surface area contributed by atoms with E-state index in [0.717, 1.165) is 10.5 Å². The second-order valence-corrected chi connectivity index (χ2v) is 6.40. The first-order valence-electron chi connectivity index (χ1n) is 8.31. The molecule has 1 aliphatic heterocycles. The Labute approximate surface area is 151 Å². The van der Waals surface area contributed by atoms with Crippen LogP contribution in [0.4, 0.5) is 5.69 Å². The lowest BCUT2D eigenvalue weighted by Crippen LogP contribution is -2.30. The highest BCUT2D eigenvalue weighted by Crippen LogP contribution is 2.34. The van der Waals surface area contributed by atoms with E-state index in [2.05, 4.69) is 0 Å². The molecule has 0 bridgehead atoms. The summed E-state index contributed by atoms with van der Waals surface area (Å²) in [4.78, 5) is 37.2. The third kappa shape index (κ3) is 3.44. The molecule has 0 radical (unpaired) electrons. The maximum Gasteiger partial charge on any atom is 0.241 e. The van der Waals surface area contributed by atoms with Crippen LogP contribution in [0.2, 0.25) is 0 Å². The Balaban J connectivity index is 1.85. The zero-order chi connectivity index (χ0) is 18.8. The number of rotatable bonds is 5. The van der Waals surface area contributed by atoms with Crippen LogP contribution in [-0.2, 0) is 9.59 Å². The summed E-state index contributed by atoms with van der Waals surface area (Å²) in [5, 5.41) is 11.0. The summed E-state index contributed by atoms with van der Waals surface area (Å²) in [6, 6.07) is 12.7. The van der Waals surface area contributed by atoms with Gasteiger partial charge in [-0.3, -0.25) is 9.59 Å². The zero-order valence-corrected chi connectivity index (χ0v) is 14.5. The number of ether oxygens (including phenoxy) is 1. The van der Waals surface area contributed by atoms with Crippen LogP contribution >= 0.6 is 0 Å². The standard InChI is InChI=1S/C20H19NO5/c1-12(2)26-16-8-6-13(7-9-16)17-11-18(22)21(19(17)23)15-5-3-4-14(10-15)20(24)25/h3-10,12,17H,11H2,1-2H3,(H,24,25)/p-1/t17-/m1/s1. The molecule has 0 aliphatic carbocycles. The monoisotopic (exact) mass is 352 g/mol. The van der Waals surface area contributed by atoms with Gasteiger partial charge in [-0.1, -0.05) is 24.3 Å². The van der Waals surface area contributed by atoms with Crippen molar-refractivity contribution in [3.05, 3.63) is 59.7 Å². The molecule has 1 saturated heterocycles. The summed E-state index contributed by atoms with van der Waals surface area (Å²) in [5.74, 6) is -1.99. The zero-order valence-electron chi connectivity index (χ0n) is 14.5. The van der Waals surface area contributed by atoms with Crippen LogP contribution in [0.1, 0.15) is 42.1 Å². The van der Waals surface area contributed by atoms with E-state index in [0.29, 0.717) is 5.75 Å². The van der Waals surface area contributed by atoms with E-state index in [9.17, 15) is 19.5 Å². The molecule has 1 fully saturated rings. The fourth-order valence-electron chi connectivity index (χ4n) is 2.99. The third-order valence-electron chi connectivity index (χ3n) is 4.14. The van der Waals surface area contributed by atoms with Gasteiger partial charge in [0.25, 0.3) is 0 Å². The van der Waals surface area contributed by atoms with Crippen LogP contribution in [0.15, 0.2) is 48.5 Å². The Bertz CT molecular complexity index is 857. The molecule has 26 heavy (non-hydrogen) atoms. The van der Waals surface area contributed by atoms with Crippen LogP contribution < -0.4 is 14.7 Å². The van der Waals surface area contributed by atoms with Crippen molar-refractivity contribution in [2.45, 2.75) is 32.3 Å². The molecule has 0 spiro atoms. The van der Waals surface area contributed by atoms with Gasteiger partial charge < -0.3 is 14.6 Å². The van der Waals surface area contributed by atoms with Gasteiger partial charge in [-0.15, -0.1) is 0 Å². The van der Waals surface area contributed by atoms with Gasteiger partial charge in [0.2, 0.25) is 11.8 Å². The lowest BCUT2D eigenvalue weighted by atomic mass is 9.97. The third-order valence-corrected chi connectivity index (χ3v) is 4.14. The van der Waals surface area contributed by atoms with E-state index in [1.54, 1.807) is 24.3 Å². The summed E-state index contributed by atoms with van der Waals surface area (Å²) in [6.45, 7) is 3.84. The lowest BCUT2D eigenvalue weighted by Gasteiger charge is -2.17. The number of carbonyl (C=O) groups excluding carboxylic acids is 3. The number of anilines is 1. The normalized spacial score (nSPS) is 17.0. The van der Waals surface area contributed by atoms with Gasteiger partial charge in [-0.25, -0.2) is 4.90 Å². The molecule has 6 heteroatoms. The molecule has 1 heterocycles. The van der Waals surface area contributed by atoms with E-state index < -0.39 is 11.9 Å². The number of aromatic carboxylic acids is 1. The Morgan fingerprint density at radius 2 is 1.85 bits per heavy atom. The first-order chi connectivity index (χ1) is 12.4. The number of carbonyl (C=O) groups is 3. The highest BCUT2D eigenvalue weighted by atomic mass is 16.5. The average molecular weight is 352 g/mol. The van der Waals surface area contributed by atoms with Crippen molar-refractivity contribution in [3.63, 3.8) is 0 Å². The molecule has 3 rings (SSSR count). The van der Waals surface area contributed by atoms with Crippen molar-refractivity contribution in [2.24, 2.45) is 0 Å². The summed E-state index contributed by atoms with van der Waals surface area (Å²) < 4.78 is 5.58. The molecule has 1 aliphatic rings. The van der Waals surface area contributed by atoms with Gasteiger partial charge in [-0.2, -0.15) is 0 Å². The van der Waals surface area contributed by atoms with Crippen molar-refractivity contribution in [1.82, 2.24) is 0 Å². The van der Waals surface area contributed by atoms with Gasteiger partial charge in [0, 0.05) is 6.42 Å². The number of amides is 2. The predicted molar refractivity (Wildman–Crippen MR) is 92.8 cm³/mol. The smallest absolute Gasteiger partial charge is 0.241 e. The van der Waals surface area contributed by atoms with Crippen molar-refractivity contribution in [3.8, 4) is 5.75 Å². The minimum absolute atomic E-state index is 0.0404. The van der Waals surface area contributed by atoms with Crippen LogP contribution in [0.3, 0.4) is 0 Å². The fraction of sp³-hybridized carbons (Fsp3) is 0.250. The lowest BCUT2D eigenvalue weighted by molar-refractivity contribution is -0.255. The van der Waals surface area contributed by atoms with E-state index in [4.69, 9.17) is 4.74 Å². The van der Waals surface area contributed by atoms with Crippen LogP contribution in [0, 0.1) is 0 Å². The van der Waals surface area contributed by atoms with Crippen molar-refractivity contribution in [1.29, 1.82) is 0 Å². The van der Waals surface area contributed by atoms with Crippen LogP contribution in [-0.4, -0.2) is 23.9 Å². The molecule has 0 saturated carbocycles. The van der Waals surface area contributed by atoms with E-state index in [1.807, 2.05) is 13.8 Å².